The summed E-state index contributed by atoms with van der Waals surface area (Å²) in [5.41, 5.74) is -0.183. The standard InChI is InChI=1S/C11H14O5/c1-2-3-4-16-10-8(12)5-7(11(14)15)6-9(10)13/h5-6,12-13H,2-4H2,1H3,(H,14,15). The number of hydrogen-bond donors (Lipinski definition) is 3. The van der Waals surface area contributed by atoms with E-state index in [0.29, 0.717) is 6.61 Å². The molecule has 0 aromatic heterocycles. The number of rotatable bonds is 5. The molecule has 1 aromatic carbocycles. The summed E-state index contributed by atoms with van der Waals surface area (Å²) in [4.78, 5) is 10.6. The molecule has 0 unspecified atom stereocenters. The zero-order chi connectivity index (χ0) is 12.1. The summed E-state index contributed by atoms with van der Waals surface area (Å²) in [6.07, 6.45) is 1.72. The topological polar surface area (TPSA) is 87.0 Å². The van der Waals surface area contributed by atoms with Gasteiger partial charge in [-0.3, -0.25) is 0 Å². The lowest BCUT2D eigenvalue weighted by molar-refractivity contribution is 0.0695. The number of carbonyl (C=O) groups is 1. The lowest BCUT2D eigenvalue weighted by Gasteiger charge is -2.10. The first-order valence-electron chi connectivity index (χ1n) is 4.98. The van der Waals surface area contributed by atoms with E-state index in [1.54, 1.807) is 0 Å². The van der Waals surface area contributed by atoms with Gasteiger partial charge in [0.05, 0.1) is 12.2 Å². The number of carboxylic acids is 1. The van der Waals surface area contributed by atoms with Gasteiger partial charge in [-0.15, -0.1) is 0 Å². The zero-order valence-corrected chi connectivity index (χ0v) is 8.93. The second kappa shape index (κ2) is 5.25. The Morgan fingerprint density at radius 3 is 2.31 bits per heavy atom. The Morgan fingerprint density at radius 1 is 1.31 bits per heavy atom. The van der Waals surface area contributed by atoms with Gasteiger partial charge in [0.2, 0.25) is 5.75 Å². The predicted octanol–water partition coefficient (Wildman–Crippen LogP) is 1.97. The van der Waals surface area contributed by atoms with Crippen LogP contribution in [0.3, 0.4) is 0 Å². The van der Waals surface area contributed by atoms with Crippen molar-refractivity contribution in [2.24, 2.45) is 0 Å². The van der Waals surface area contributed by atoms with Crippen LogP contribution in [-0.4, -0.2) is 27.9 Å². The van der Waals surface area contributed by atoms with E-state index in [0.717, 1.165) is 25.0 Å². The van der Waals surface area contributed by atoms with Crippen LogP contribution < -0.4 is 4.74 Å². The van der Waals surface area contributed by atoms with Gasteiger partial charge in [0.25, 0.3) is 0 Å². The van der Waals surface area contributed by atoms with Gasteiger partial charge in [-0.25, -0.2) is 4.79 Å². The molecule has 5 nitrogen and oxygen atoms in total. The number of phenolic OH excluding ortho intramolecular Hbond substituents is 2. The van der Waals surface area contributed by atoms with E-state index < -0.39 is 5.97 Å². The van der Waals surface area contributed by atoms with Crippen molar-refractivity contribution in [1.82, 2.24) is 0 Å². The Labute approximate surface area is 92.9 Å². The highest BCUT2D eigenvalue weighted by atomic mass is 16.5. The maximum Gasteiger partial charge on any atom is 0.335 e. The van der Waals surface area contributed by atoms with Crippen molar-refractivity contribution in [3.63, 3.8) is 0 Å². The van der Waals surface area contributed by atoms with Gasteiger partial charge in [0, 0.05) is 0 Å². The highest BCUT2D eigenvalue weighted by Crippen LogP contribution is 2.37. The SMILES string of the molecule is CCCCOc1c(O)cc(C(=O)O)cc1O. The fourth-order valence-corrected chi connectivity index (χ4v) is 1.19. The molecule has 16 heavy (non-hydrogen) atoms. The van der Waals surface area contributed by atoms with Crippen LogP contribution in [0.15, 0.2) is 12.1 Å². The van der Waals surface area contributed by atoms with Crippen molar-refractivity contribution in [3.8, 4) is 17.2 Å². The van der Waals surface area contributed by atoms with E-state index in [1.165, 1.54) is 0 Å². The van der Waals surface area contributed by atoms with Crippen molar-refractivity contribution < 1.29 is 24.9 Å². The maximum absolute atomic E-state index is 10.6. The minimum Gasteiger partial charge on any atom is -0.504 e. The van der Waals surface area contributed by atoms with Crippen LogP contribution in [-0.2, 0) is 0 Å². The first kappa shape index (κ1) is 12.2. The monoisotopic (exact) mass is 226 g/mol. The van der Waals surface area contributed by atoms with Crippen LogP contribution >= 0.6 is 0 Å². The quantitative estimate of drug-likeness (QED) is 0.668. The molecule has 0 radical (unpaired) electrons. The summed E-state index contributed by atoms with van der Waals surface area (Å²) in [5, 5.41) is 27.6. The number of ether oxygens (including phenoxy) is 1. The number of carboxylic acid groups (broad SMARTS) is 1. The Hall–Kier alpha value is -1.91. The summed E-state index contributed by atoms with van der Waals surface area (Å²) in [6, 6.07) is 2.09. The van der Waals surface area contributed by atoms with Crippen LogP contribution in [0.25, 0.3) is 0 Å². The molecular weight excluding hydrogens is 212 g/mol. The van der Waals surface area contributed by atoms with Gasteiger partial charge in [-0.05, 0) is 18.6 Å². The lowest BCUT2D eigenvalue weighted by Crippen LogP contribution is -2.00. The summed E-state index contributed by atoms with van der Waals surface area (Å²) in [7, 11) is 0. The van der Waals surface area contributed by atoms with E-state index in [2.05, 4.69) is 0 Å². The van der Waals surface area contributed by atoms with E-state index in [9.17, 15) is 15.0 Å². The molecule has 0 amide bonds. The molecule has 0 heterocycles. The van der Waals surface area contributed by atoms with E-state index in [4.69, 9.17) is 9.84 Å². The largest absolute Gasteiger partial charge is 0.504 e. The molecule has 0 fully saturated rings. The van der Waals surface area contributed by atoms with Crippen molar-refractivity contribution in [3.05, 3.63) is 17.7 Å². The Morgan fingerprint density at radius 2 is 1.88 bits per heavy atom. The average Bonchev–Trinajstić information content (AvgIpc) is 2.21. The van der Waals surface area contributed by atoms with E-state index in [1.807, 2.05) is 6.92 Å². The highest BCUT2D eigenvalue weighted by Gasteiger charge is 2.14. The third kappa shape index (κ3) is 2.79. The molecule has 0 aliphatic heterocycles. The van der Waals surface area contributed by atoms with Gasteiger partial charge >= 0.3 is 5.97 Å². The molecule has 0 bridgehead atoms. The van der Waals surface area contributed by atoms with Crippen molar-refractivity contribution in [2.45, 2.75) is 19.8 Å². The predicted molar refractivity (Wildman–Crippen MR) is 57.1 cm³/mol. The van der Waals surface area contributed by atoms with Crippen molar-refractivity contribution in [1.29, 1.82) is 0 Å². The van der Waals surface area contributed by atoms with Gasteiger partial charge in [0.15, 0.2) is 11.5 Å². The van der Waals surface area contributed by atoms with Gasteiger partial charge in [0.1, 0.15) is 0 Å². The fraction of sp³-hybridized carbons (Fsp3) is 0.364. The van der Waals surface area contributed by atoms with Gasteiger partial charge < -0.3 is 20.1 Å². The van der Waals surface area contributed by atoms with Gasteiger partial charge in [-0.1, -0.05) is 13.3 Å². The first-order chi connectivity index (χ1) is 7.56. The summed E-state index contributed by atoms with van der Waals surface area (Å²) in [5.74, 6) is -2.02. The average molecular weight is 226 g/mol. The minimum atomic E-state index is -1.22. The molecule has 0 atom stereocenters. The van der Waals surface area contributed by atoms with Crippen molar-refractivity contribution in [2.75, 3.05) is 6.61 Å². The molecule has 1 aromatic rings. The molecule has 1 rings (SSSR count). The molecule has 0 saturated heterocycles. The Bertz CT molecular complexity index is 363. The second-order valence-corrected chi connectivity index (χ2v) is 3.35. The second-order valence-electron chi connectivity index (χ2n) is 3.35. The third-order valence-corrected chi connectivity index (χ3v) is 2.04. The number of aromatic hydroxyl groups is 2. The normalized spacial score (nSPS) is 10.1. The lowest BCUT2D eigenvalue weighted by atomic mass is 10.2. The minimum absolute atomic E-state index is 0.0709. The van der Waals surface area contributed by atoms with E-state index in [-0.39, 0.29) is 22.8 Å². The van der Waals surface area contributed by atoms with Crippen molar-refractivity contribution >= 4 is 5.97 Å². The maximum atomic E-state index is 10.6. The summed E-state index contributed by atoms with van der Waals surface area (Å²) >= 11 is 0. The molecule has 0 aliphatic rings. The fourth-order valence-electron chi connectivity index (χ4n) is 1.19. The number of phenols is 2. The number of aromatic carboxylic acids is 1. The number of hydrogen-bond acceptors (Lipinski definition) is 4. The zero-order valence-electron chi connectivity index (χ0n) is 8.93. The van der Waals surface area contributed by atoms with Crippen LogP contribution in [0.4, 0.5) is 0 Å². The Kier molecular flexibility index (Phi) is 3.99. The van der Waals surface area contributed by atoms with E-state index >= 15 is 0 Å². The number of unbranched alkanes of at least 4 members (excludes halogenated alkanes) is 1. The molecule has 0 spiro atoms. The van der Waals surface area contributed by atoms with Crippen LogP contribution in [0.1, 0.15) is 30.1 Å². The summed E-state index contributed by atoms with van der Waals surface area (Å²) < 4.78 is 5.15. The molecule has 5 heteroatoms. The van der Waals surface area contributed by atoms with Crippen LogP contribution in [0.2, 0.25) is 0 Å². The molecular formula is C11H14O5. The smallest absolute Gasteiger partial charge is 0.335 e. The third-order valence-electron chi connectivity index (χ3n) is 2.04. The molecule has 0 aliphatic carbocycles. The van der Waals surface area contributed by atoms with Gasteiger partial charge in [-0.2, -0.15) is 0 Å². The molecule has 3 N–H and O–H groups in total. The first-order valence-corrected chi connectivity index (χ1v) is 4.98. The highest BCUT2D eigenvalue weighted by molar-refractivity contribution is 5.89. The van der Waals surface area contributed by atoms with Crippen LogP contribution in [0.5, 0.6) is 17.2 Å². The molecule has 0 saturated carbocycles. The van der Waals surface area contributed by atoms with Crippen LogP contribution in [0, 0.1) is 0 Å². The molecule has 88 valence electrons. The summed E-state index contributed by atoms with van der Waals surface area (Å²) in [6.45, 7) is 2.35. The Balaban J connectivity index is 2.89. The number of benzene rings is 1.